The highest BCUT2D eigenvalue weighted by molar-refractivity contribution is 5.81. The number of fused-ring (bicyclic) bond motifs is 1. The van der Waals surface area contributed by atoms with Crippen LogP contribution < -0.4 is 20.1 Å². The fourth-order valence-corrected chi connectivity index (χ4v) is 1.71. The maximum absolute atomic E-state index is 11.8. The van der Waals surface area contributed by atoms with Crippen molar-refractivity contribution in [1.82, 2.24) is 10.6 Å². The van der Waals surface area contributed by atoms with Crippen molar-refractivity contribution in [2.45, 2.75) is 13.0 Å². The minimum absolute atomic E-state index is 0.137. The largest absolute Gasteiger partial charge is 0.485 e. The molecular weight excluding hydrogens is 232 g/mol. The Morgan fingerprint density at radius 3 is 2.89 bits per heavy atom. The zero-order chi connectivity index (χ0) is 12.8. The van der Waals surface area contributed by atoms with Crippen LogP contribution in [0.4, 0.5) is 0 Å². The van der Waals surface area contributed by atoms with E-state index in [0.29, 0.717) is 18.0 Å². The predicted molar refractivity (Wildman–Crippen MR) is 67.9 cm³/mol. The Kier molecular flexibility index (Phi) is 4.41. The minimum atomic E-state index is -0.568. The molecule has 0 fully saturated rings. The molecule has 0 bridgehead atoms. The standard InChI is InChI=1S/C13H18N2O3/c1-2-14-7-8-15-13(16)12-9-17-10-5-3-4-6-11(10)18-12/h3-6,12,14H,2,7-9H2,1H3,(H,15,16). The first-order chi connectivity index (χ1) is 8.81. The second-order valence-corrected chi connectivity index (χ2v) is 4.01. The van der Waals surface area contributed by atoms with Crippen molar-refractivity contribution in [3.63, 3.8) is 0 Å². The predicted octanol–water partition coefficient (Wildman–Crippen LogP) is 0.552. The topological polar surface area (TPSA) is 59.6 Å². The number of benzene rings is 1. The summed E-state index contributed by atoms with van der Waals surface area (Å²) in [4.78, 5) is 11.8. The van der Waals surface area contributed by atoms with E-state index in [0.717, 1.165) is 13.1 Å². The second kappa shape index (κ2) is 6.26. The summed E-state index contributed by atoms with van der Waals surface area (Å²) in [5.41, 5.74) is 0. The lowest BCUT2D eigenvalue weighted by Crippen LogP contribution is -2.45. The lowest BCUT2D eigenvalue weighted by molar-refractivity contribution is -0.130. The smallest absolute Gasteiger partial charge is 0.264 e. The van der Waals surface area contributed by atoms with E-state index >= 15 is 0 Å². The molecule has 0 saturated heterocycles. The van der Waals surface area contributed by atoms with Crippen molar-refractivity contribution in [2.24, 2.45) is 0 Å². The molecule has 1 atom stereocenters. The van der Waals surface area contributed by atoms with Crippen LogP contribution in [-0.2, 0) is 4.79 Å². The fourth-order valence-electron chi connectivity index (χ4n) is 1.71. The van der Waals surface area contributed by atoms with Crippen LogP contribution in [0.1, 0.15) is 6.92 Å². The van der Waals surface area contributed by atoms with Gasteiger partial charge in [0.15, 0.2) is 11.5 Å². The van der Waals surface area contributed by atoms with Gasteiger partial charge in [0.05, 0.1) is 0 Å². The van der Waals surface area contributed by atoms with Gasteiger partial charge < -0.3 is 20.1 Å². The summed E-state index contributed by atoms with van der Waals surface area (Å²) in [6, 6.07) is 7.36. The van der Waals surface area contributed by atoms with Crippen LogP contribution >= 0.6 is 0 Å². The summed E-state index contributed by atoms with van der Waals surface area (Å²) in [5, 5.41) is 5.95. The van der Waals surface area contributed by atoms with E-state index in [1.807, 2.05) is 25.1 Å². The van der Waals surface area contributed by atoms with Crippen LogP contribution in [0.5, 0.6) is 11.5 Å². The summed E-state index contributed by atoms with van der Waals surface area (Å²) in [7, 11) is 0. The molecule has 2 N–H and O–H groups in total. The Morgan fingerprint density at radius 1 is 1.33 bits per heavy atom. The molecule has 1 aromatic carbocycles. The number of carbonyl (C=O) groups excluding carboxylic acids is 1. The molecule has 0 spiro atoms. The summed E-state index contributed by atoms with van der Waals surface area (Å²) in [5.74, 6) is 1.17. The molecule has 0 aliphatic carbocycles. The molecule has 0 aromatic heterocycles. The number of hydrogen-bond donors (Lipinski definition) is 2. The monoisotopic (exact) mass is 250 g/mol. The molecule has 1 unspecified atom stereocenters. The van der Waals surface area contributed by atoms with Crippen LogP contribution in [0, 0.1) is 0 Å². The van der Waals surface area contributed by atoms with Crippen molar-refractivity contribution in [3.05, 3.63) is 24.3 Å². The van der Waals surface area contributed by atoms with E-state index in [2.05, 4.69) is 10.6 Å². The van der Waals surface area contributed by atoms with Gasteiger partial charge in [-0.15, -0.1) is 0 Å². The normalized spacial score (nSPS) is 17.3. The molecule has 0 saturated carbocycles. The Bertz CT molecular complexity index is 409. The first-order valence-electron chi connectivity index (χ1n) is 6.18. The highest BCUT2D eigenvalue weighted by Gasteiger charge is 2.26. The number of hydrogen-bond acceptors (Lipinski definition) is 4. The minimum Gasteiger partial charge on any atom is -0.485 e. The number of para-hydroxylation sites is 2. The Hall–Kier alpha value is -1.75. The molecule has 1 amide bonds. The van der Waals surface area contributed by atoms with Gasteiger partial charge >= 0.3 is 0 Å². The number of carbonyl (C=O) groups is 1. The summed E-state index contributed by atoms with van der Waals surface area (Å²) in [6.07, 6.45) is -0.568. The lowest BCUT2D eigenvalue weighted by atomic mass is 10.2. The zero-order valence-corrected chi connectivity index (χ0v) is 10.4. The first kappa shape index (κ1) is 12.7. The van der Waals surface area contributed by atoms with Gasteiger partial charge in [-0.2, -0.15) is 0 Å². The van der Waals surface area contributed by atoms with Gasteiger partial charge in [0, 0.05) is 13.1 Å². The van der Waals surface area contributed by atoms with Gasteiger partial charge in [0.25, 0.3) is 5.91 Å². The maximum atomic E-state index is 11.8. The molecule has 18 heavy (non-hydrogen) atoms. The van der Waals surface area contributed by atoms with Gasteiger partial charge in [0.2, 0.25) is 6.10 Å². The molecule has 1 heterocycles. The summed E-state index contributed by atoms with van der Waals surface area (Å²) < 4.78 is 11.1. The number of ether oxygens (including phenoxy) is 2. The molecule has 5 nitrogen and oxygen atoms in total. The average Bonchev–Trinajstić information content (AvgIpc) is 2.43. The second-order valence-electron chi connectivity index (χ2n) is 4.01. The van der Waals surface area contributed by atoms with E-state index < -0.39 is 6.10 Å². The molecule has 0 radical (unpaired) electrons. The first-order valence-corrected chi connectivity index (χ1v) is 6.18. The van der Waals surface area contributed by atoms with Gasteiger partial charge in [-0.05, 0) is 18.7 Å². The number of rotatable bonds is 5. The molecule has 1 aliphatic heterocycles. The quantitative estimate of drug-likeness (QED) is 0.749. The Balaban J connectivity index is 1.83. The highest BCUT2D eigenvalue weighted by Crippen LogP contribution is 2.30. The third-order valence-corrected chi connectivity index (χ3v) is 2.65. The van der Waals surface area contributed by atoms with Crippen LogP contribution in [0.15, 0.2) is 24.3 Å². The van der Waals surface area contributed by atoms with Crippen LogP contribution in [0.25, 0.3) is 0 Å². The van der Waals surface area contributed by atoms with Crippen molar-refractivity contribution < 1.29 is 14.3 Å². The molecule has 2 rings (SSSR count). The van der Waals surface area contributed by atoms with Crippen LogP contribution in [0.2, 0.25) is 0 Å². The maximum Gasteiger partial charge on any atom is 0.264 e. The van der Waals surface area contributed by atoms with E-state index in [4.69, 9.17) is 9.47 Å². The lowest BCUT2D eigenvalue weighted by Gasteiger charge is -2.25. The van der Waals surface area contributed by atoms with Gasteiger partial charge in [-0.1, -0.05) is 19.1 Å². The van der Waals surface area contributed by atoms with Gasteiger partial charge in [-0.3, -0.25) is 4.79 Å². The van der Waals surface area contributed by atoms with E-state index in [1.54, 1.807) is 6.07 Å². The van der Waals surface area contributed by atoms with Crippen LogP contribution in [-0.4, -0.2) is 38.3 Å². The fraction of sp³-hybridized carbons (Fsp3) is 0.462. The molecule has 5 heteroatoms. The van der Waals surface area contributed by atoms with Gasteiger partial charge in [0.1, 0.15) is 6.61 Å². The van der Waals surface area contributed by atoms with E-state index in [-0.39, 0.29) is 12.5 Å². The highest BCUT2D eigenvalue weighted by atomic mass is 16.6. The van der Waals surface area contributed by atoms with Gasteiger partial charge in [-0.25, -0.2) is 0 Å². The third-order valence-electron chi connectivity index (χ3n) is 2.65. The molecule has 1 aliphatic rings. The third kappa shape index (κ3) is 3.13. The summed E-state index contributed by atoms with van der Waals surface area (Å²) in [6.45, 7) is 4.52. The molecule has 98 valence electrons. The van der Waals surface area contributed by atoms with Crippen LogP contribution in [0.3, 0.4) is 0 Å². The van der Waals surface area contributed by atoms with Crippen molar-refractivity contribution in [3.8, 4) is 11.5 Å². The van der Waals surface area contributed by atoms with Crippen molar-refractivity contribution in [2.75, 3.05) is 26.2 Å². The zero-order valence-electron chi connectivity index (χ0n) is 10.4. The SMILES string of the molecule is CCNCCNC(=O)C1COc2ccccc2O1. The Labute approximate surface area is 106 Å². The van der Waals surface area contributed by atoms with Crippen molar-refractivity contribution in [1.29, 1.82) is 0 Å². The molecule has 1 aromatic rings. The number of nitrogens with one attached hydrogen (secondary N) is 2. The average molecular weight is 250 g/mol. The number of likely N-dealkylation sites (N-methyl/N-ethyl adjacent to an activating group) is 1. The van der Waals surface area contributed by atoms with E-state index in [1.165, 1.54) is 0 Å². The summed E-state index contributed by atoms with van der Waals surface area (Å²) >= 11 is 0. The van der Waals surface area contributed by atoms with E-state index in [9.17, 15) is 4.79 Å². The Morgan fingerprint density at radius 2 is 2.11 bits per heavy atom. The number of amides is 1. The van der Waals surface area contributed by atoms with Crippen molar-refractivity contribution >= 4 is 5.91 Å². The molecular formula is C13H18N2O3.